The molecule has 2 aliphatic rings. The Kier molecular flexibility index (Phi) is 6.76. The van der Waals surface area contributed by atoms with Gasteiger partial charge in [0.15, 0.2) is 0 Å². The van der Waals surface area contributed by atoms with E-state index < -0.39 is 0 Å². The van der Waals surface area contributed by atoms with Crippen LogP contribution in [-0.4, -0.2) is 21.9 Å². The van der Waals surface area contributed by atoms with Crippen LogP contribution in [0.1, 0.15) is 62.6 Å². The smallest absolute Gasteiger partial charge is 0.257 e. The molecule has 0 saturated heterocycles. The lowest BCUT2D eigenvalue weighted by molar-refractivity contribution is -0.117. The van der Waals surface area contributed by atoms with Crippen molar-refractivity contribution in [2.75, 3.05) is 6.26 Å². The van der Waals surface area contributed by atoms with Gasteiger partial charge in [-0.25, -0.2) is 0 Å². The SMILES string of the molecule is CCC1(CC)CCC2=C(C(=O)NCc3cc(C)c(O)c(C)c3)SC(SC)C2C1. The molecule has 1 aliphatic carbocycles. The summed E-state index contributed by atoms with van der Waals surface area (Å²) < 4.78 is 0.465. The van der Waals surface area contributed by atoms with Gasteiger partial charge >= 0.3 is 0 Å². The number of phenols is 1. The minimum Gasteiger partial charge on any atom is -0.507 e. The summed E-state index contributed by atoms with van der Waals surface area (Å²) in [5.74, 6) is 0.951. The highest BCUT2D eigenvalue weighted by Gasteiger charge is 2.45. The number of aromatic hydroxyl groups is 1. The van der Waals surface area contributed by atoms with Crippen LogP contribution in [0, 0.1) is 25.2 Å². The van der Waals surface area contributed by atoms with Gasteiger partial charge in [-0.15, -0.1) is 11.8 Å². The van der Waals surface area contributed by atoms with Crippen molar-refractivity contribution in [1.29, 1.82) is 0 Å². The van der Waals surface area contributed by atoms with Crippen LogP contribution in [0.2, 0.25) is 0 Å². The Morgan fingerprint density at radius 2 is 1.93 bits per heavy atom. The van der Waals surface area contributed by atoms with E-state index in [1.165, 1.54) is 31.3 Å². The molecule has 1 aliphatic heterocycles. The van der Waals surface area contributed by atoms with Crippen LogP contribution >= 0.6 is 23.5 Å². The zero-order valence-electron chi connectivity index (χ0n) is 17.7. The van der Waals surface area contributed by atoms with Crippen molar-refractivity contribution in [3.8, 4) is 5.75 Å². The van der Waals surface area contributed by atoms with Crippen LogP contribution in [0.3, 0.4) is 0 Å². The number of thioether (sulfide) groups is 2. The molecule has 1 heterocycles. The van der Waals surface area contributed by atoms with Gasteiger partial charge < -0.3 is 10.4 Å². The van der Waals surface area contributed by atoms with E-state index in [1.54, 1.807) is 11.8 Å². The minimum atomic E-state index is 0.0745. The van der Waals surface area contributed by atoms with E-state index in [0.717, 1.165) is 28.0 Å². The van der Waals surface area contributed by atoms with Gasteiger partial charge in [0.2, 0.25) is 0 Å². The molecule has 2 atom stereocenters. The number of nitrogens with one attached hydrogen (secondary N) is 1. The molecule has 0 bridgehead atoms. The molecule has 0 aromatic heterocycles. The van der Waals surface area contributed by atoms with Crippen molar-refractivity contribution < 1.29 is 9.90 Å². The van der Waals surface area contributed by atoms with Gasteiger partial charge in [-0.1, -0.05) is 38.8 Å². The number of hydrogen-bond acceptors (Lipinski definition) is 4. The predicted octanol–water partition coefficient (Wildman–Crippen LogP) is 5.92. The molecular formula is C23H33NO2S2. The maximum atomic E-state index is 13.0. The third-order valence-corrected chi connectivity index (χ3v) is 9.73. The highest BCUT2D eigenvalue weighted by molar-refractivity contribution is 8.19. The molecule has 1 amide bonds. The third kappa shape index (κ3) is 4.11. The molecule has 1 aromatic carbocycles. The molecule has 28 heavy (non-hydrogen) atoms. The number of benzene rings is 1. The first kappa shape index (κ1) is 21.6. The van der Waals surface area contributed by atoms with Crippen molar-refractivity contribution in [1.82, 2.24) is 5.32 Å². The second kappa shape index (κ2) is 8.74. The van der Waals surface area contributed by atoms with Gasteiger partial charge in [0.25, 0.3) is 5.91 Å². The van der Waals surface area contributed by atoms with E-state index >= 15 is 0 Å². The quantitative estimate of drug-likeness (QED) is 0.601. The monoisotopic (exact) mass is 419 g/mol. The molecule has 154 valence electrons. The second-order valence-corrected chi connectivity index (χ2v) is 10.8. The molecule has 3 rings (SSSR count). The third-order valence-electron chi connectivity index (χ3n) is 6.82. The summed E-state index contributed by atoms with van der Waals surface area (Å²) in [5, 5.41) is 13.1. The molecule has 3 nitrogen and oxygen atoms in total. The average Bonchev–Trinajstić information content (AvgIpc) is 3.07. The number of carbonyl (C=O) groups is 1. The summed E-state index contributed by atoms with van der Waals surface area (Å²) in [5.41, 5.74) is 4.60. The summed E-state index contributed by atoms with van der Waals surface area (Å²) in [6.45, 7) is 8.94. The summed E-state index contributed by atoms with van der Waals surface area (Å²) in [4.78, 5) is 14.0. The molecular weight excluding hydrogens is 386 g/mol. The number of hydrogen-bond donors (Lipinski definition) is 2. The minimum absolute atomic E-state index is 0.0745. The van der Waals surface area contributed by atoms with Crippen molar-refractivity contribution in [3.63, 3.8) is 0 Å². The number of aryl methyl sites for hydroxylation is 2. The Morgan fingerprint density at radius 1 is 1.29 bits per heavy atom. The lowest BCUT2D eigenvalue weighted by atomic mass is 9.65. The number of carbonyl (C=O) groups excluding carboxylic acids is 1. The van der Waals surface area contributed by atoms with Crippen molar-refractivity contribution in [3.05, 3.63) is 39.3 Å². The first-order chi connectivity index (χ1) is 13.3. The van der Waals surface area contributed by atoms with Crippen LogP contribution in [0.25, 0.3) is 0 Å². The van der Waals surface area contributed by atoms with Gasteiger partial charge in [0, 0.05) is 12.5 Å². The summed E-state index contributed by atoms with van der Waals surface area (Å²) in [7, 11) is 0. The molecule has 1 saturated carbocycles. The second-order valence-electron chi connectivity index (χ2n) is 8.35. The van der Waals surface area contributed by atoms with Gasteiger partial charge in [0.1, 0.15) is 5.75 Å². The van der Waals surface area contributed by atoms with E-state index in [2.05, 4.69) is 25.4 Å². The molecule has 0 radical (unpaired) electrons. The number of fused-ring (bicyclic) bond motifs is 1. The highest BCUT2D eigenvalue weighted by atomic mass is 32.2. The van der Waals surface area contributed by atoms with E-state index in [9.17, 15) is 9.90 Å². The van der Waals surface area contributed by atoms with Crippen LogP contribution in [0.15, 0.2) is 22.6 Å². The van der Waals surface area contributed by atoms with E-state index in [1.807, 2.05) is 37.7 Å². The number of phenolic OH excluding ortho intramolecular Hbond substituents is 1. The predicted molar refractivity (Wildman–Crippen MR) is 122 cm³/mol. The van der Waals surface area contributed by atoms with Crippen molar-refractivity contribution in [2.45, 2.75) is 70.9 Å². The van der Waals surface area contributed by atoms with E-state index in [0.29, 0.717) is 28.2 Å². The van der Waals surface area contributed by atoms with Gasteiger partial charge in [-0.2, -0.15) is 11.8 Å². The van der Waals surface area contributed by atoms with Crippen LogP contribution in [0.4, 0.5) is 0 Å². The Bertz CT molecular complexity index is 760. The zero-order valence-corrected chi connectivity index (χ0v) is 19.4. The molecule has 1 aromatic rings. The molecule has 0 spiro atoms. The van der Waals surface area contributed by atoms with Crippen LogP contribution in [0.5, 0.6) is 5.75 Å². The van der Waals surface area contributed by atoms with Crippen molar-refractivity contribution >= 4 is 29.4 Å². The Labute approximate surface area is 178 Å². The topological polar surface area (TPSA) is 49.3 Å². The van der Waals surface area contributed by atoms with Crippen LogP contribution < -0.4 is 5.32 Å². The van der Waals surface area contributed by atoms with Gasteiger partial charge in [-0.05, 0) is 67.0 Å². The normalized spacial score (nSPS) is 23.6. The average molecular weight is 420 g/mol. The highest BCUT2D eigenvalue weighted by Crippen LogP contribution is 2.57. The van der Waals surface area contributed by atoms with Crippen LogP contribution in [-0.2, 0) is 11.3 Å². The first-order valence-electron chi connectivity index (χ1n) is 10.3. The molecule has 2 N–H and O–H groups in total. The largest absolute Gasteiger partial charge is 0.507 e. The fourth-order valence-electron chi connectivity index (χ4n) is 4.81. The zero-order chi connectivity index (χ0) is 20.5. The standard InChI is InChI=1S/C23H33NO2S2/c1-6-23(7-2)9-8-17-18(12-23)22(27-5)28-20(17)21(26)24-13-16-10-14(3)19(25)15(4)11-16/h10-11,18,22,25H,6-9,12-13H2,1-5H3,(H,24,26). The van der Waals surface area contributed by atoms with Crippen molar-refractivity contribution in [2.24, 2.45) is 11.3 Å². The fraction of sp³-hybridized carbons (Fsp3) is 0.609. The molecule has 2 unspecified atom stereocenters. The maximum absolute atomic E-state index is 13.0. The Morgan fingerprint density at radius 3 is 2.50 bits per heavy atom. The molecule has 1 fully saturated rings. The maximum Gasteiger partial charge on any atom is 0.257 e. The lowest BCUT2D eigenvalue weighted by Gasteiger charge is -2.41. The summed E-state index contributed by atoms with van der Waals surface area (Å²) in [6, 6.07) is 3.90. The lowest BCUT2D eigenvalue weighted by Crippen LogP contribution is -2.31. The fourth-order valence-corrected chi connectivity index (χ4v) is 7.31. The number of allylic oxidation sites excluding steroid dienone is 1. The Balaban J connectivity index is 1.74. The number of rotatable bonds is 6. The number of amides is 1. The van der Waals surface area contributed by atoms with Gasteiger partial charge in [-0.3, -0.25) is 4.79 Å². The van der Waals surface area contributed by atoms with E-state index in [4.69, 9.17) is 0 Å². The first-order valence-corrected chi connectivity index (χ1v) is 12.5. The molecule has 5 heteroatoms. The van der Waals surface area contributed by atoms with E-state index in [-0.39, 0.29) is 5.91 Å². The van der Waals surface area contributed by atoms with Gasteiger partial charge in [0.05, 0.1) is 9.49 Å². The summed E-state index contributed by atoms with van der Waals surface area (Å²) in [6.07, 6.45) is 8.14. The Hall–Kier alpha value is -1.07. The summed E-state index contributed by atoms with van der Waals surface area (Å²) >= 11 is 3.67.